The number of aromatic carboxylic acids is 1. The molecule has 0 saturated heterocycles. The Bertz CT molecular complexity index is 647. The third-order valence-electron chi connectivity index (χ3n) is 3.47. The van der Waals surface area contributed by atoms with Gasteiger partial charge in [-0.2, -0.15) is 0 Å². The number of hydrogen-bond donors (Lipinski definition) is 1. The van der Waals surface area contributed by atoms with E-state index in [0.29, 0.717) is 5.56 Å². The highest BCUT2D eigenvalue weighted by Gasteiger charge is 2.13. The van der Waals surface area contributed by atoms with Crippen LogP contribution in [0.5, 0.6) is 0 Å². The highest BCUT2D eigenvalue weighted by molar-refractivity contribution is 5.89. The maximum absolute atomic E-state index is 14.1. The van der Waals surface area contributed by atoms with Gasteiger partial charge in [0.1, 0.15) is 5.82 Å². The van der Waals surface area contributed by atoms with E-state index in [2.05, 4.69) is 0 Å². The van der Waals surface area contributed by atoms with Crippen LogP contribution >= 0.6 is 0 Å². The molecule has 2 nitrogen and oxygen atoms in total. The van der Waals surface area contributed by atoms with Crippen LogP contribution < -0.4 is 0 Å². The van der Waals surface area contributed by atoms with Crippen molar-refractivity contribution in [1.82, 2.24) is 0 Å². The third kappa shape index (κ3) is 2.72. The van der Waals surface area contributed by atoms with Gasteiger partial charge in [0.05, 0.1) is 5.56 Å². The van der Waals surface area contributed by atoms with Crippen molar-refractivity contribution in [2.24, 2.45) is 0 Å². The summed E-state index contributed by atoms with van der Waals surface area (Å²) >= 11 is 0. The molecule has 3 heteroatoms. The van der Waals surface area contributed by atoms with Gasteiger partial charge >= 0.3 is 5.97 Å². The standard InChI is InChI=1S/C17H17FO2/c1-3-11-5-6-12(4-2)14(9-11)15-10-13(17(19)20)7-8-16(15)18/h5-10H,3-4H2,1-2H3,(H,19,20). The highest BCUT2D eigenvalue weighted by atomic mass is 19.1. The first-order valence-electron chi connectivity index (χ1n) is 6.71. The van der Waals surface area contributed by atoms with Gasteiger partial charge in [0.15, 0.2) is 0 Å². The average molecular weight is 272 g/mol. The maximum atomic E-state index is 14.1. The van der Waals surface area contributed by atoms with E-state index in [1.54, 1.807) is 0 Å². The lowest BCUT2D eigenvalue weighted by Gasteiger charge is -2.12. The number of hydrogen-bond acceptors (Lipinski definition) is 1. The lowest BCUT2D eigenvalue weighted by atomic mass is 9.94. The summed E-state index contributed by atoms with van der Waals surface area (Å²) in [5, 5.41) is 9.05. The Morgan fingerprint density at radius 1 is 1.05 bits per heavy atom. The van der Waals surface area contributed by atoms with Crippen molar-refractivity contribution in [3.05, 3.63) is 58.9 Å². The topological polar surface area (TPSA) is 37.3 Å². The van der Waals surface area contributed by atoms with E-state index < -0.39 is 11.8 Å². The molecule has 0 amide bonds. The minimum atomic E-state index is -1.05. The Kier molecular flexibility index (Phi) is 4.18. The number of halogens is 1. The minimum Gasteiger partial charge on any atom is -0.478 e. The molecule has 0 aliphatic heterocycles. The van der Waals surface area contributed by atoms with E-state index in [0.717, 1.165) is 29.5 Å². The summed E-state index contributed by atoms with van der Waals surface area (Å²) in [6, 6.07) is 9.88. The largest absolute Gasteiger partial charge is 0.478 e. The molecule has 0 heterocycles. The molecule has 0 fully saturated rings. The van der Waals surface area contributed by atoms with E-state index in [9.17, 15) is 9.18 Å². The minimum absolute atomic E-state index is 0.102. The fourth-order valence-corrected chi connectivity index (χ4v) is 2.27. The molecule has 0 aliphatic rings. The molecule has 0 aliphatic carbocycles. The Hall–Kier alpha value is -2.16. The summed E-state index contributed by atoms with van der Waals surface area (Å²) in [5.74, 6) is -1.44. The predicted octanol–water partition coefficient (Wildman–Crippen LogP) is 4.32. The van der Waals surface area contributed by atoms with Gasteiger partial charge in [-0.05, 0) is 47.7 Å². The van der Waals surface area contributed by atoms with Crippen LogP contribution in [0.1, 0.15) is 35.3 Å². The lowest BCUT2D eigenvalue weighted by molar-refractivity contribution is 0.0697. The van der Waals surface area contributed by atoms with Crippen molar-refractivity contribution in [3.63, 3.8) is 0 Å². The van der Waals surface area contributed by atoms with Gasteiger partial charge in [-0.25, -0.2) is 9.18 Å². The van der Waals surface area contributed by atoms with Crippen LogP contribution in [0, 0.1) is 5.82 Å². The summed E-state index contributed by atoms with van der Waals surface area (Å²) in [4.78, 5) is 11.1. The van der Waals surface area contributed by atoms with E-state index in [1.165, 1.54) is 18.2 Å². The summed E-state index contributed by atoms with van der Waals surface area (Å²) in [6.45, 7) is 4.04. The molecule has 2 rings (SSSR count). The van der Waals surface area contributed by atoms with Gasteiger partial charge in [0.2, 0.25) is 0 Å². The molecule has 0 bridgehead atoms. The second-order valence-corrected chi connectivity index (χ2v) is 4.70. The van der Waals surface area contributed by atoms with Crippen LogP contribution in [-0.4, -0.2) is 11.1 Å². The Balaban J connectivity index is 2.65. The number of aryl methyl sites for hydroxylation is 2. The summed E-state index contributed by atoms with van der Waals surface area (Å²) in [7, 11) is 0. The molecule has 1 N–H and O–H groups in total. The smallest absolute Gasteiger partial charge is 0.335 e. The SMILES string of the molecule is CCc1ccc(CC)c(-c2cc(C(=O)O)ccc2F)c1. The molecule has 0 aromatic heterocycles. The molecule has 104 valence electrons. The molecule has 0 unspecified atom stereocenters. The van der Waals surface area contributed by atoms with Crippen molar-refractivity contribution in [3.8, 4) is 11.1 Å². The van der Waals surface area contributed by atoms with Crippen molar-refractivity contribution in [2.45, 2.75) is 26.7 Å². The third-order valence-corrected chi connectivity index (χ3v) is 3.47. The molecule has 2 aromatic carbocycles. The molecule has 2 aromatic rings. The zero-order chi connectivity index (χ0) is 14.7. The number of carboxylic acids is 1. The number of rotatable bonds is 4. The average Bonchev–Trinajstić information content (AvgIpc) is 2.46. The van der Waals surface area contributed by atoms with Gasteiger partial charge in [-0.15, -0.1) is 0 Å². The number of carboxylic acid groups (broad SMARTS) is 1. The van der Waals surface area contributed by atoms with Crippen LogP contribution in [0.4, 0.5) is 4.39 Å². The van der Waals surface area contributed by atoms with Gasteiger partial charge in [-0.3, -0.25) is 0 Å². The monoisotopic (exact) mass is 272 g/mol. The van der Waals surface area contributed by atoms with Gasteiger partial charge in [0, 0.05) is 5.56 Å². The lowest BCUT2D eigenvalue weighted by Crippen LogP contribution is -1.99. The van der Waals surface area contributed by atoms with Crippen LogP contribution in [0.2, 0.25) is 0 Å². The van der Waals surface area contributed by atoms with E-state index in [1.807, 2.05) is 32.0 Å². The first kappa shape index (κ1) is 14.3. The molecule has 0 radical (unpaired) electrons. The second-order valence-electron chi connectivity index (χ2n) is 4.70. The fourth-order valence-electron chi connectivity index (χ4n) is 2.27. The van der Waals surface area contributed by atoms with Crippen molar-refractivity contribution >= 4 is 5.97 Å². The van der Waals surface area contributed by atoms with Crippen LogP contribution in [0.15, 0.2) is 36.4 Å². The Labute approximate surface area is 117 Å². The summed E-state index contributed by atoms with van der Waals surface area (Å²) < 4.78 is 14.1. The fraction of sp³-hybridized carbons (Fsp3) is 0.235. The van der Waals surface area contributed by atoms with Crippen LogP contribution in [0.25, 0.3) is 11.1 Å². The quantitative estimate of drug-likeness (QED) is 0.900. The van der Waals surface area contributed by atoms with Crippen molar-refractivity contribution < 1.29 is 14.3 Å². The molecular weight excluding hydrogens is 255 g/mol. The van der Waals surface area contributed by atoms with Gasteiger partial charge in [0.25, 0.3) is 0 Å². The highest BCUT2D eigenvalue weighted by Crippen LogP contribution is 2.29. The van der Waals surface area contributed by atoms with Gasteiger partial charge < -0.3 is 5.11 Å². The molecular formula is C17H17FO2. The van der Waals surface area contributed by atoms with E-state index in [-0.39, 0.29) is 5.56 Å². The summed E-state index contributed by atoms with van der Waals surface area (Å²) in [6.07, 6.45) is 1.63. The first-order chi connectivity index (χ1) is 9.56. The van der Waals surface area contributed by atoms with Crippen molar-refractivity contribution in [2.75, 3.05) is 0 Å². The van der Waals surface area contributed by atoms with Crippen LogP contribution in [0.3, 0.4) is 0 Å². The first-order valence-corrected chi connectivity index (χ1v) is 6.71. The predicted molar refractivity (Wildman–Crippen MR) is 77.6 cm³/mol. The molecule has 0 atom stereocenters. The Morgan fingerprint density at radius 3 is 2.40 bits per heavy atom. The van der Waals surface area contributed by atoms with Gasteiger partial charge in [-0.1, -0.05) is 32.0 Å². The molecule has 20 heavy (non-hydrogen) atoms. The van der Waals surface area contributed by atoms with E-state index >= 15 is 0 Å². The number of carbonyl (C=O) groups is 1. The van der Waals surface area contributed by atoms with E-state index in [4.69, 9.17) is 5.11 Å². The van der Waals surface area contributed by atoms with Crippen molar-refractivity contribution in [1.29, 1.82) is 0 Å². The number of benzene rings is 2. The molecule has 0 spiro atoms. The molecule has 0 saturated carbocycles. The zero-order valence-corrected chi connectivity index (χ0v) is 11.6. The second kappa shape index (κ2) is 5.87. The maximum Gasteiger partial charge on any atom is 0.335 e. The summed E-state index contributed by atoms with van der Waals surface area (Å²) in [5.41, 5.74) is 3.37. The normalized spacial score (nSPS) is 10.6. The zero-order valence-electron chi connectivity index (χ0n) is 11.6. The Morgan fingerprint density at radius 2 is 1.80 bits per heavy atom. The van der Waals surface area contributed by atoms with Crippen LogP contribution in [-0.2, 0) is 12.8 Å².